The van der Waals surface area contributed by atoms with Gasteiger partial charge >= 0.3 is 0 Å². The maximum absolute atomic E-state index is 10.4. The van der Waals surface area contributed by atoms with Gasteiger partial charge in [0.05, 0.1) is 17.6 Å². The van der Waals surface area contributed by atoms with Crippen LogP contribution in [-0.4, -0.2) is 26.8 Å². The number of aryl methyl sites for hydroxylation is 1. The highest BCUT2D eigenvalue weighted by molar-refractivity contribution is 4.98. The van der Waals surface area contributed by atoms with E-state index in [0.29, 0.717) is 6.54 Å². The summed E-state index contributed by atoms with van der Waals surface area (Å²) in [5.74, 6) is 0. The Bertz CT molecular complexity index is 356. The molecule has 1 aliphatic carbocycles. The third-order valence-corrected chi connectivity index (χ3v) is 3.81. The average Bonchev–Trinajstić information content (AvgIpc) is 2.78. The van der Waals surface area contributed by atoms with Gasteiger partial charge in [-0.15, -0.1) is 0 Å². The minimum Gasteiger partial charge on any atom is -0.389 e. The lowest BCUT2D eigenvalue weighted by Crippen LogP contribution is -2.42. The maximum Gasteiger partial charge on any atom is 0.0948 e. The number of nitrogens with one attached hydrogen (secondary N) is 1. The topological polar surface area (TPSA) is 50.1 Å². The van der Waals surface area contributed by atoms with Crippen LogP contribution < -0.4 is 5.32 Å². The summed E-state index contributed by atoms with van der Waals surface area (Å²) >= 11 is 0. The normalized spacial score (nSPS) is 19.0. The van der Waals surface area contributed by atoms with E-state index in [9.17, 15) is 5.11 Å². The van der Waals surface area contributed by atoms with Crippen LogP contribution in [0.5, 0.6) is 0 Å². The van der Waals surface area contributed by atoms with Crippen LogP contribution in [0, 0.1) is 0 Å². The van der Waals surface area contributed by atoms with Gasteiger partial charge in [0.25, 0.3) is 0 Å². The zero-order chi connectivity index (χ0) is 12.8. The van der Waals surface area contributed by atoms with E-state index in [-0.39, 0.29) is 0 Å². The SMILES string of the molecule is CCCn1cncc1CNCC1(O)CCCCC1. The lowest BCUT2D eigenvalue weighted by atomic mass is 9.85. The molecule has 2 rings (SSSR count). The van der Waals surface area contributed by atoms with Gasteiger partial charge in [-0.05, 0) is 19.3 Å². The molecule has 1 aromatic rings. The fourth-order valence-electron chi connectivity index (χ4n) is 2.75. The highest BCUT2D eigenvalue weighted by Gasteiger charge is 2.28. The van der Waals surface area contributed by atoms with E-state index >= 15 is 0 Å². The molecule has 0 spiro atoms. The molecule has 1 saturated carbocycles. The average molecular weight is 251 g/mol. The molecule has 1 aliphatic rings. The van der Waals surface area contributed by atoms with Gasteiger partial charge in [0, 0.05) is 25.8 Å². The summed E-state index contributed by atoms with van der Waals surface area (Å²) in [7, 11) is 0. The molecule has 0 unspecified atom stereocenters. The Hall–Kier alpha value is -0.870. The van der Waals surface area contributed by atoms with Crippen molar-refractivity contribution in [2.24, 2.45) is 0 Å². The first-order valence-electron chi connectivity index (χ1n) is 7.16. The molecule has 102 valence electrons. The van der Waals surface area contributed by atoms with E-state index in [0.717, 1.165) is 45.2 Å². The predicted molar refractivity (Wildman–Crippen MR) is 72.3 cm³/mol. The number of imidazole rings is 1. The summed E-state index contributed by atoms with van der Waals surface area (Å²) in [6.07, 6.45) is 10.4. The lowest BCUT2D eigenvalue weighted by Gasteiger charge is -2.32. The third kappa shape index (κ3) is 3.56. The van der Waals surface area contributed by atoms with Crippen molar-refractivity contribution in [2.75, 3.05) is 6.54 Å². The molecule has 0 aliphatic heterocycles. The molecule has 0 radical (unpaired) electrons. The Kier molecular flexibility index (Phi) is 4.78. The third-order valence-electron chi connectivity index (χ3n) is 3.81. The monoisotopic (exact) mass is 251 g/mol. The van der Waals surface area contributed by atoms with Crippen LogP contribution >= 0.6 is 0 Å². The van der Waals surface area contributed by atoms with Crippen molar-refractivity contribution in [1.82, 2.24) is 14.9 Å². The fraction of sp³-hybridized carbons (Fsp3) is 0.786. The van der Waals surface area contributed by atoms with Gasteiger partial charge in [0.15, 0.2) is 0 Å². The van der Waals surface area contributed by atoms with Crippen LogP contribution in [0.3, 0.4) is 0 Å². The van der Waals surface area contributed by atoms with Gasteiger partial charge in [-0.25, -0.2) is 4.98 Å². The molecule has 0 saturated heterocycles. The number of rotatable bonds is 6. The predicted octanol–water partition coefficient (Wildman–Crippen LogP) is 2.08. The quantitative estimate of drug-likeness (QED) is 0.814. The highest BCUT2D eigenvalue weighted by atomic mass is 16.3. The molecule has 1 fully saturated rings. The van der Waals surface area contributed by atoms with Crippen molar-refractivity contribution in [2.45, 2.75) is 64.1 Å². The molecule has 0 bridgehead atoms. The van der Waals surface area contributed by atoms with Crippen molar-refractivity contribution in [3.8, 4) is 0 Å². The van der Waals surface area contributed by atoms with Crippen molar-refractivity contribution in [3.63, 3.8) is 0 Å². The first-order valence-corrected chi connectivity index (χ1v) is 7.16. The number of hydrogen-bond acceptors (Lipinski definition) is 3. The summed E-state index contributed by atoms with van der Waals surface area (Å²) in [6, 6.07) is 0. The van der Waals surface area contributed by atoms with Crippen LogP contribution in [0.15, 0.2) is 12.5 Å². The molecule has 4 nitrogen and oxygen atoms in total. The van der Waals surface area contributed by atoms with Gasteiger partial charge in [-0.2, -0.15) is 0 Å². The molecule has 0 atom stereocenters. The zero-order valence-corrected chi connectivity index (χ0v) is 11.4. The second-order valence-corrected chi connectivity index (χ2v) is 5.47. The van der Waals surface area contributed by atoms with Crippen molar-refractivity contribution in [1.29, 1.82) is 0 Å². The Balaban J connectivity index is 1.78. The molecule has 0 amide bonds. The molecule has 4 heteroatoms. The largest absolute Gasteiger partial charge is 0.389 e. The van der Waals surface area contributed by atoms with E-state index < -0.39 is 5.60 Å². The second kappa shape index (κ2) is 6.34. The number of hydrogen-bond donors (Lipinski definition) is 2. The van der Waals surface area contributed by atoms with Crippen LogP contribution in [0.4, 0.5) is 0 Å². The van der Waals surface area contributed by atoms with Gasteiger partial charge in [0.1, 0.15) is 0 Å². The first kappa shape index (κ1) is 13.6. The summed E-state index contributed by atoms with van der Waals surface area (Å²) in [5.41, 5.74) is 0.727. The highest BCUT2D eigenvalue weighted by Crippen LogP contribution is 2.27. The standard InChI is InChI=1S/C14H25N3O/c1-2-8-17-12-16-10-13(17)9-15-11-14(18)6-4-3-5-7-14/h10,12,15,18H,2-9,11H2,1H3. The molecule has 1 aromatic heterocycles. The van der Waals surface area contributed by atoms with Gasteiger partial charge in [0.2, 0.25) is 0 Å². The molecular formula is C14H25N3O. The summed E-state index contributed by atoms with van der Waals surface area (Å²) in [4.78, 5) is 4.18. The minimum atomic E-state index is -0.478. The van der Waals surface area contributed by atoms with Crippen LogP contribution in [-0.2, 0) is 13.1 Å². The Morgan fingerprint density at radius 3 is 2.89 bits per heavy atom. The van der Waals surface area contributed by atoms with Crippen molar-refractivity contribution < 1.29 is 5.11 Å². The summed E-state index contributed by atoms with van der Waals surface area (Å²) < 4.78 is 2.18. The van der Waals surface area contributed by atoms with E-state index in [2.05, 4.69) is 21.8 Å². The van der Waals surface area contributed by atoms with Crippen molar-refractivity contribution in [3.05, 3.63) is 18.2 Å². The number of aliphatic hydroxyl groups is 1. The first-order chi connectivity index (χ1) is 8.73. The Morgan fingerprint density at radius 1 is 1.39 bits per heavy atom. The van der Waals surface area contributed by atoms with Crippen LogP contribution in [0.25, 0.3) is 0 Å². The number of aromatic nitrogens is 2. The summed E-state index contributed by atoms with van der Waals surface area (Å²) in [5, 5.41) is 13.8. The summed E-state index contributed by atoms with van der Waals surface area (Å²) in [6.45, 7) is 4.68. The Labute approximate surface area is 109 Å². The van der Waals surface area contributed by atoms with E-state index in [1.54, 1.807) is 0 Å². The fourth-order valence-corrected chi connectivity index (χ4v) is 2.75. The van der Waals surface area contributed by atoms with Gasteiger partial charge in [-0.3, -0.25) is 0 Å². The minimum absolute atomic E-state index is 0.478. The maximum atomic E-state index is 10.4. The molecule has 18 heavy (non-hydrogen) atoms. The smallest absolute Gasteiger partial charge is 0.0948 e. The number of nitrogens with zero attached hydrogens (tertiary/aromatic N) is 2. The van der Waals surface area contributed by atoms with Gasteiger partial charge < -0.3 is 15.0 Å². The lowest BCUT2D eigenvalue weighted by molar-refractivity contribution is 0.00456. The van der Waals surface area contributed by atoms with Crippen LogP contribution in [0.1, 0.15) is 51.1 Å². The van der Waals surface area contributed by atoms with E-state index in [4.69, 9.17) is 0 Å². The second-order valence-electron chi connectivity index (χ2n) is 5.47. The zero-order valence-electron chi connectivity index (χ0n) is 11.4. The van der Waals surface area contributed by atoms with Crippen LogP contribution in [0.2, 0.25) is 0 Å². The molecule has 2 N–H and O–H groups in total. The van der Waals surface area contributed by atoms with E-state index in [1.165, 1.54) is 12.1 Å². The van der Waals surface area contributed by atoms with E-state index in [1.807, 2.05) is 12.5 Å². The van der Waals surface area contributed by atoms with Gasteiger partial charge in [-0.1, -0.05) is 26.2 Å². The van der Waals surface area contributed by atoms with Crippen molar-refractivity contribution >= 4 is 0 Å². The molecule has 0 aromatic carbocycles. The molecular weight excluding hydrogens is 226 g/mol. The molecule has 1 heterocycles. The Morgan fingerprint density at radius 2 is 2.17 bits per heavy atom.